The molecule has 24 heavy (non-hydrogen) atoms. The van der Waals surface area contributed by atoms with Crippen molar-refractivity contribution >= 4 is 33.5 Å². The molecule has 0 spiro atoms. The van der Waals surface area contributed by atoms with Crippen LogP contribution in [-0.2, 0) is 6.54 Å². The molecule has 2 aromatic heterocycles. The quantitative estimate of drug-likeness (QED) is 0.745. The summed E-state index contributed by atoms with van der Waals surface area (Å²) in [7, 11) is 1.79. The fourth-order valence-corrected chi connectivity index (χ4v) is 3.59. The predicted octanol–water partition coefficient (Wildman–Crippen LogP) is 3.35. The highest BCUT2D eigenvalue weighted by Gasteiger charge is 2.19. The standard InChI is InChI=1S/C17H21N5OS/c1-10(2)22-13-8-6-5-7-12(13)20-14(22)9-19-16(23)15-11(3)21-24-17(15)18-4/h5-8,10,18H,9H2,1-4H3,(H,19,23). The minimum Gasteiger partial charge on any atom is -0.378 e. The van der Waals surface area contributed by atoms with Gasteiger partial charge in [-0.05, 0) is 44.4 Å². The largest absolute Gasteiger partial charge is 0.378 e. The van der Waals surface area contributed by atoms with Crippen LogP contribution in [0.3, 0.4) is 0 Å². The molecule has 6 nitrogen and oxygen atoms in total. The van der Waals surface area contributed by atoms with Crippen LogP contribution in [0.2, 0.25) is 0 Å². The SMILES string of the molecule is CNc1snc(C)c1C(=O)NCc1nc2ccccc2n1C(C)C. The van der Waals surface area contributed by atoms with Crippen molar-refractivity contribution < 1.29 is 4.79 Å². The molecule has 2 N–H and O–H groups in total. The highest BCUT2D eigenvalue weighted by atomic mass is 32.1. The van der Waals surface area contributed by atoms with Gasteiger partial charge < -0.3 is 15.2 Å². The number of fused-ring (bicyclic) bond motifs is 1. The van der Waals surface area contributed by atoms with Crippen LogP contribution in [0.5, 0.6) is 0 Å². The third-order valence-electron chi connectivity index (χ3n) is 3.91. The maximum atomic E-state index is 12.6. The summed E-state index contributed by atoms with van der Waals surface area (Å²) in [6.45, 7) is 6.46. The Morgan fingerprint density at radius 3 is 2.79 bits per heavy atom. The molecule has 0 unspecified atom stereocenters. The average molecular weight is 343 g/mol. The van der Waals surface area contributed by atoms with Crippen molar-refractivity contribution in [3.63, 3.8) is 0 Å². The summed E-state index contributed by atoms with van der Waals surface area (Å²) in [5.74, 6) is 0.722. The van der Waals surface area contributed by atoms with Crippen LogP contribution < -0.4 is 10.6 Å². The number of aromatic nitrogens is 3. The van der Waals surface area contributed by atoms with Gasteiger partial charge in [-0.3, -0.25) is 4.79 Å². The lowest BCUT2D eigenvalue weighted by Gasteiger charge is -2.13. The number of rotatable bonds is 5. The van der Waals surface area contributed by atoms with E-state index in [1.807, 2.05) is 25.1 Å². The average Bonchev–Trinajstić information content (AvgIpc) is 3.12. The fraction of sp³-hybridized carbons (Fsp3) is 0.353. The minimum absolute atomic E-state index is 0.132. The maximum absolute atomic E-state index is 12.6. The number of carbonyl (C=O) groups excluding carboxylic acids is 1. The molecule has 0 atom stereocenters. The first kappa shape index (κ1) is 16.4. The molecular weight excluding hydrogens is 322 g/mol. The first-order chi connectivity index (χ1) is 11.5. The smallest absolute Gasteiger partial charge is 0.256 e. The molecule has 1 amide bonds. The van der Waals surface area contributed by atoms with E-state index in [2.05, 4.69) is 44.5 Å². The van der Waals surface area contributed by atoms with E-state index in [4.69, 9.17) is 0 Å². The predicted molar refractivity (Wildman–Crippen MR) is 97.7 cm³/mol. The van der Waals surface area contributed by atoms with E-state index in [0.717, 1.165) is 27.6 Å². The third kappa shape index (κ3) is 2.87. The lowest BCUT2D eigenvalue weighted by atomic mass is 10.2. The molecule has 0 aliphatic heterocycles. The Balaban J connectivity index is 1.87. The number of anilines is 1. The van der Waals surface area contributed by atoms with Crippen LogP contribution >= 0.6 is 11.5 Å². The van der Waals surface area contributed by atoms with E-state index in [0.29, 0.717) is 12.1 Å². The second-order valence-corrected chi connectivity index (χ2v) is 6.66. The zero-order valence-electron chi connectivity index (χ0n) is 14.3. The molecule has 2 heterocycles. The summed E-state index contributed by atoms with van der Waals surface area (Å²) in [6, 6.07) is 8.29. The Labute approximate surface area is 145 Å². The number of carbonyl (C=O) groups is 1. The Morgan fingerprint density at radius 2 is 2.08 bits per heavy atom. The highest BCUT2D eigenvalue weighted by molar-refractivity contribution is 7.10. The molecule has 0 saturated heterocycles. The molecule has 7 heteroatoms. The zero-order chi connectivity index (χ0) is 17.3. The van der Waals surface area contributed by atoms with Crippen LogP contribution in [-0.4, -0.2) is 26.9 Å². The molecule has 0 aliphatic rings. The first-order valence-corrected chi connectivity index (χ1v) is 8.68. The molecule has 0 radical (unpaired) electrons. The zero-order valence-corrected chi connectivity index (χ0v) is 15.1. The van der Waals surface area contributed by atoms with Gasteiger partial charge >= 0.3 is 0 Å². The van der Waals surface area contributed by atoms with E-state index in [1.54, 1.807) is 7.05 Å². The number of nitrogens with zero attached hydrogens (tertiary/aromatic N) is 3. The minimum atomic E-state index is -0.132. The van der Waals surface area contributed by atoms with Crippen molar-refractivity contribution in [3.8, 4) is 0 Å². The number of para-hydroxylation sites is 2. The van der Waals surface area contributed by atoms with Gasteiger partial charge in [0, 0.05) is 13.1 Å². The van der Waals surface area contributed by atoms with Crippen molar-refractivity contribution in [3.05, 3.63) is 41.3 Å². The van der Waals surface area contributed by atoms with Crippen molar-refractivity contribution in [1.82, 2.24) is 19.2 Å². The van der Waals surface area contributed by atoms with Gasteiger partial charge in [-0.25, -0.2) is 4.98 Å². The van der Waals surface area contributed by atoms with Gasteiger partial charge in [0.2, 0.25) is 0 Å². The summed E-state index contributed by atoms with van der Waals surface area (Å²) in [5.41, 5.74) is 3.37. The normalized spacial score (nSPS) is 11.2. The lowest BCUT2D eigenvalue weighted by Crippen LogP contribution is -2.26. The second-order valence-electron chi connectivity index (χ2n) is 5.89. The fourth-order valence-electron chi connectivity index (χ4n) is 2.85. The molecule has 3 aromatic rings. The van der Waals surface area contributed by atoms with Crippen molar-refractivity contribution in [2.75, 3.05) is 12.4 Å². The molecular formula is C17H21N5OS. The molecule has 0 fully saturated rings. The van der Waals surface area contributed by atoms with Crippen molar-refractivity contribution in [2.24, 2.45) is 0 Å². The Hall–Kier alpha value is -2.41. The molecule has 3 rings (SSSR count). The van der Waals surface area contributed by atoms with Gasteiger partial charge in [0.25, 0.3) is 5.91 Å². The van der Waals surface area contributed by atoms with Crippen LogP contribution in [0.4, 0.5) is 5.00 Å². The summed E-state index contributed by atoms with van der Waals surface area (Å²) < 4.78 is 6.40. The Kier molecular flexibility index (Phi) is 4.53. The van der Waals surface area contributed by atoms with Gasteiger partial charge in [0.1, 0.15) is 10.8 Å². The van der Waals surface area contributed by atoms with Crippen molar-refractivity contribution in [1.29, 1.82) is 0 Å². The summed E-state index contributed by atoms with van der Waals surface area (Å²) in [4.78, 5) is 17.2. The third-order valence-corrected chi connectivity index (χ3v) is 4.87. The van der Waals surface area contributed by atoms with E-state index < -0.39 is 0 Å². The molecule has 0 aliphatic carbocycles. The monoisotopic (exact) mass is 343 g/mol. The first-order valence-electron chi connectivity index (χ1n) is 7.91. The summed E-state index contributed by atoms with van der Waals surface area (Å²) >= 11 is 1.30. The Bertz CT molecular complexity index is 880. The van der Waals surface area contributed by atoms with E-state index in [9.17, 15) is 4.79 Å². The number of hydrogen-bond donors (Lipinski definition) is 2. The lowest BCUT2D eigenvalue weighted by molar-refractivity contribution is 0.0949. The van der Waals surface area contributed by atoms with Gasteiger partial charge in [-0.15, -0.1) is 0 Å². The molecule has 0 saturated carbocycles. The molecule has 126 valence electrons. The summed E-state index contributed by atoms with van der Waals surface area (Å²) in [6.07, 6.45) is 0. The number of nitrogens with one attached hydrogen (secondary N) is 2. The topological polar surface area (TPSA) is 71.8 Å². The van der Waals surface area contributed by atoms with Gasteiger partial charge in [-0.2, -0.15) is 4.37 Å². The van der Waals surface area contributed by atoms with Crippen LogP contribution in [0.25, 0.3) is 11.0 Å². The van der Waals surface area contributed by atoms with E-state index in [-0.39, 0.29) is 11.9 Å². The van der Waals surface area contributed by atoms with Gasteiger partial charge in [0.15, 0.2) is 0 Å². The van der Waals surface area contributed by atoms with Crippen molar-refractivity contribution in [2.45, 2.75) is 33.4 Å². The molecule has 1 aromatic carbocycles. The number of amides is 1. The highest BCUT2D eigenvalue weighted by Crippen LogP contribution is 2.24. The number of aryl methyl sites for hydroxylation is 1. The van der Waals surface area contributed by atoms with E-state index in [1.165, 1.54) is 11.5 Å². The van der Waals surface area contributed by atoms with Crippen LogP contribution in [0.1, 0.15) is 41.8 Å². The maximum Gasteiger partial charge on any atom is 0.256 e. The van der Waals surface area contributed by atoms with E-state index >= 15 is 0 Å². The Morgan fingerprint density at radius 1 is 1.33 bits per heavy atom. The number of benzene rings is 1. The number of hydrogen-bond acceptors (Lipinski definition) is 5. The van der Waals surface area contributed by atoms with Crippen LogP contribution in [0, 0.1) is 6.92 Å². The summed E-state index contributed by atoms with van der Waals surface area (Å²) in [5, 5.41) is 6.78. The van der Waals surface area contributed by atoms with Crippen LogP contribution in [0.15, 0.2) is 24.3 Å². The number of imidazole rings is 1. The van der Waals surface area contributed by atoms with Gasteiger partial charge in [-0.1, -0.05) is 12.1 Å². The second kappa shape index (κ2) is 6.60. The van der Waals surface area contributed by atoms with Gasteiger partial charge in [0.05, 0.1) is 28.8 Å². The molecule has 0 bridgehead atoms.